The van der Waals surface area contributed by atoms with Crippen molar-refractivity contribution in [2.24, 2.45) is 0 Å². The Balaban J connectivity index is 1.99. The molecule has 2 rings (SSSR count). The Morgan fingerprint density at radius 1 is 0.755 bits per heavy atom. The van der Waals surface area contributed by atoms with Crippen molar-refractivity contribution in [3.63, 3.8) is 0 Å². The highest BCUT2D eigenvalue weighted by Gasteiger charge is 2.50. The van der Waals surface area contributed by atoms with Gasteiger partial charge in [0.15, 0.2) is 12.6 Å². The van der Waals surface area contributed by atoms with Crippen LogP contribution in [0.3, 0.4) is 0 Å². The maximum atomic E-state index is 13.1. The van der Waals surface area contributed by atoms with Crippen LogP contribution in [0.4, 0.5) is 0 Å². The smallest absolute Gasteiger partial charge is 0.244 e. The van der Waals surface area contributed by atoms with E-state index in [1.807, 2.05) is 0 Å². The molecule has 11 atom stereocenters. The van der Waals surface area contributed by atoms with Crippen LogP contribution in [-0.4, -0.2) is 154 Å². The molecule has 2 aliphatic heterocycles. The largest absolute Gasteiger partial charge is 0.394 e. The standard InChI is InChI=1S/C32H57N3O14/c1-3-5-6-7-8-11-15-34-30(45)19(35-23(39)13-10-9-12-14-33-22(38)4-2)18-46-31-28(44)26(42)29(21(17-37)48-31)49-32-27(43)25(41)24(40)20(16-36)47-32/h4,19-21,24-29,31-32,36-37,40-44H,2-3,5-18H2,1H3,(H,33,38)(H,34,45)(H,35,39)/t19-,20?,21?,24-,25?,26?,27?,28?,29+,31+,32-/m0/s1. The number of aliphatic hydroxyl groups is 7. The Kier molecular flexibility index (Phi) is 20.3. The highest BCUT2D eigenvalue weighted by Crippen LogP contribution is 2.29. The number of ether oxygens (including phenoxy) is 4. The number of carbonyl (C=O) groups is 3. The summed E-state index contributed by atoms with van der Waals surface area (Å²) in [5.74, 6) is -1.23. The first-order chi connectivity index (χ1) is 23.5. The topological polar surface area (TPSA) is 266 Å². The predicted molar refractivity (Wildman–Crippen MR) is 172 cm³/mol. The third-order valence-electron chi connectivity index (χ3n) is 8.43. The molecule has 0 aliphatic carbocycles. The van der Waals surface area contributed by atoms with E-state index in [2.05, 4.69) is 29.5 Å². The molecule has 17 heteroatoms. The first kappa shape index (κ1) is 42.9. The number of unbranched alkanes of at least 4 members (excludes halogenated alkanes) is 7. The van der Waals surface area contributed by atoms with Crippen molar-refractivity contribution in [1.82, 2.24) is 16.0 Å². The van der Waals surface area contributed by atoms with Gasteiger partial charge in [0.1, 0.15) is 54.9 Å². The van der Waals surface area contributed by atoms with Gasteiger partial charge in [0, 0.05) is 19.5 Å². The normalized spacial score (nSPS) is 30.7. The second-order valence-corrected chi connectivity index (χ2v) is 12.3. The molecule has 0 aromatic carbocycles. The molecule has 0 aromatic heterocycles. The summed E-state index contributed by atoms with van der Waals surface area (Å²) in [5, 5.41) is 79.6. The molecular formula is C32H57N3O14. The molecule has 2 fully saturated rings. The molecule has 49 heavy (non-hydrogen) atoms. The maximum absolute atomic E-state index is 13.1. The van der Waals surface area contributed by atoms with E-state index in [-0.39, 0.29) is 12.3 Å². The number of amides is 3. The summed E-state index contributed by atoms with van der Waals surface area (Å²) in [7, 11) is 0. The minimum Gasteiger partial charge on any atom is -0.394 e. The van der Waals surface area contributed by atoms with Crippen molar-refractivity contribution < 1.29 is 69.1 Å². The Hall–Kier alpha value is -2.29. The fraction of sp³-hybridized carbons (Fsp3) is 0.844. The number of carbonyl (C=O) groups excluding carboxylic acids is 3. The lowest BCUT2D eigenvalue weighted by Gasteiger charge is -2.46. The number of nitrogens with one attached hydrogen (secondary N) is 3. The number of rotatable bonds is 23. The molecule has 0 aromatic rings. The zero-order valence-corrected chi connectivity index (χ0v) is 28.2. The third kappa shape index (κ3) is 14.1. The van der Waals surface area contributed by atoms with Crippen molar-refractivity contribution in [1.29, 1.82) is 0 Å². The molecular weight excluding hydrogens is 650 g/mol. The van der Waals surface area contributed by atoms with E-state index in [1.54, 1.807) is 0 Å². The van der Waals surface area contributed by atoms with Gasteiger partial charge in [0.05, 0.1) is 19.8 Å². The van der Waals surface area contributed by atoms with E-state index in [4.69, 9.17) is 18.9 Å². The Labute approximate surface area is 286 Å². The van der Waals surface area contributed by atoms with E-state index in [9.17, 15) is 50.1 Å². The van der Waals surface area contributed by atoms with Crippen LogP contribution in [0, 0.1) is 0 Å². The number of hydrogen-bond donors (Lipinski definition) is 10. The van der Waals surface area contributed by atoms with Gasteiger partial charge < -0.3 is 70.6 Å². The van der Waals surface area contributed by atoms with Crippen molar-refractivity contribution >= 4 is 17.7 Å². The van der Waals surface area contributed by atoms with Gasteiger partial charge in [-0.1, -0.05) is 52.0 Å². The molecule has 0 radical (unpaired) electrons. The summed E-state index contributed by atoms with van der Waals surface area (Å²) in [5.41, 5.74) is 0. The van der Waals surface area contributed by atoms with Crippen LogP contribution >= 0.6 is 0 Å². The Bertz CT molecular complexity index is 989. The van der Waals surface area contributed by atoms with Gasteiger partial charge in [-0.05, 0) is 25.3 Å². The van der Waals surface area contributed by atoms with Crippen molar-refractivity contribution in [3.8, 4) is 0 Å². The molecule has 17 nitrogen and oxygen atoms in total. The highest BCUT2D eigenvalue weighted by atomic mass is 16.7. The van der Waals surface area contributed by atoms with E-state index < -0.39 is 99.1 Å². The monoisotopic (exact) mass is 707 g/mol. The number of aliphatic hydroxyl groups excluding tert-OH is 7. The molecule has 0 saturated carbocycles. The van der Waals surface area contributed by atoms with Crippen LogP contribution in [0.25, 0.3) is 0 Å². The van der Waals surface area contributed by atoms with Gasteiger partial charge in [-0.25, -0.2) is 0 Å². The molecule has 2 aliphatic rings. The average molecular weight is 708 g/mol. The lowest BCUT2D eigenvalue weighted by Crippen LogP contribution is -2.65. The zero-order chi connectivity index (χ0) is 36.3. The van der Waals surface area contributed by atoms with Gasteiger partial charge >= 0.3 is 0 Å². The van der Waals surface area contributed by atoms with E-state index in [0.29, 0.717) is 32.4 Å². The summed E-state index contributed by atoms with van der Waals surface area (Å²) in [6, 6.07) is -1.19. The second kappa shape index (κ2) is 23.2. The van der Waals surface area contributed by atoms with E-state index >= 15 is 0 Å². The van der Waals surface area contributed by atoms with Gasteiger partial charge in [-0.2, -0.15) is 0 Å². The average Bonchev–Trinajstić information content (AvgIpc) is 3.09. The Morgan fingerprint density at radius 2 is 1.35 bits per heavy atom. The predicted octanol–water partition coefficient (Wildman–Crippen LogP) is -2.55. The first-order valence-electron chi connectivity index (χ1n) is 17.2. The van der Waals surface area contributed by atoms with Gasteiger partial charge in [-0.3, -0.25) is 14.4 Å². The molecule has 6 unspecified atom stereocenters. The van der Waals surface area contributed by atoms with Crippen LogP contribution < -0.4 is 16.0 Å². The third-order valence-corrected chi connectivity index (χ3v) is 8.43. The summed E-state index contributed by atoms with van der Waals surface area (Å²) in [6.07, 6.45) is -7.17. The fourth-order valence-electron chi connectivity index (χ4n) is 5.44. The van der Waals surface area contributed by atoms with Crippen molar-refractivity contribution in [2.75, 3.05) is 32.9 Å². The van der Waals surface area contributed by atoms with Crippen LogP contribution in [0.15, 0.2) is 12.7 Å². The fourth-order valence-corrected chi connectivity index (χ4v) is 5.44. The first-order valence-corrected chi connectivity index (χ1v) is 17.2. The summed E-state index contributed by atoms with van der Waals surface area (Å²) >= 11 is 0. The zero-order valence-electron chi connectivity index (χ0n) is 28.2. The van der Waals surface area contributed by atoms with Gasteiger partial charge in [0.2, 0.25) is 17.7 Å². The molecule has 10 N–H and O–H groups in total. The van der Waals surface area contributed by atoms with E-state index in [0.717, 1.165) is 38.5 Å². The summed E-state index contributed by atoms with van der Waals surface area (Å²) in [4.78, 5) is 37.1. The van der Waals surface area contributed by atoms with Crippen LogP contribution in [0.1, 0.15) is 71.1 Å². The summed E-state index contributed by atoms with van der Waals surface area (Å²) < 4.78 is 22.2. The Morgan fingerprint density at radius 3 is 2.00 bits per heavy atom. The highest BCUT2D eigenvalue weighted by molar-refractivity contribution is 5.87. The van der Waals surface area contributed by atoms with Gasteiger partial charge in [0.25, 0.3) is 0 Å². The second-order valence-electron chi connectivity index (χ2n) is 12.3. The molecule has 0 spiro atoms. The maximum Gasteiger partial charge on any atom is 0.244 e. The number of hydrogen-bond acceptors (Lipinski definition) is 14. The summed E-state index contributed by atoms with van der Waals surface area (Å²) in [6.45, 7) is 4.36. The van der Waals surface area contributed by atoms with E-state index in [1.165, 1.54) is 6.08 Å². The van der Waals surface area contributed by atoms with Crippen molar-refractivity contribution in [2.45, 2.75) is 139 Å². The molecule has 0 bridgehead atoms. The minimum atomic E-state index is -1.81. The van der Waals surface area contributed by atoms with Crippen LogP contribution in [-0.2, 0) is 33.3 Å². The molecule has 2 saturated heterocycles. The SMILES string of the molecule is C=CC(=O)NCCCCCC(=O)N[C@@H](CO[C@@H]1OC(CO)[C@@H](O[C@@H]2OC(CO)[C@H](O)C(O)C2O)C(O)C1O)C(=O)NCCCCCCCC. The molecule has 2 heterocycles. The minimum absolute atomic E-state index is 0.0986. The quantitative estimate of drug-likeness (QED) is 0.0387. The van der Waals surface area contributed by atoms with Crippen LogP contribution in [0.5, 0.6) is 0 Å². The molecule has 284 valence electrons. The van der Waals surface area contributed by atoms with Crippen LogP contribution in [0.2, 0.25) is 0 Å². The van der Waals surface area contributed by atoms with Crippen molar-refractivity contribution in [3.05, 3.63) is 12.7 Å². The molecule has 3 amide bonds. The van der Waals surface area contributed by atoms with Gasteiger partial charge in [-0.15, -0.1) is 0 Å². The lowest BCUT2D eigenvalue weighted by molar-refractivity contribution is -0.359. The lowest BCUT2D eigenvalue weighted by atomic mass is 9.97.